The number of hydrogen-bond acceptors (Lipinski definition) is 7. The number of aromatic nitrogens is 6. The van der Waals surface area contributed by atoms with E-state index in [1.165, 1.54) is 5.56 Å². The van der Waals surface area contributed by atoms with E-state index < -0.39 is 0 Å². The molecule has 0 amide bonds. The van der Waals surface area contributed by atoms with Crippen LogP contribution in [0.3, 0.4) is 0 Å². The van der Waals surface area contributed by atoms with E-state index in [0.717, 1.165) is 62.6 Å². The fourth-order valence-electron chi connectivity index (χ4n) is 3.10. The molecule has 1 aliphatic rings. The molecule has 8 heteroatoms. The summed E-state index contributed by atoms with van der Waals surface area (Å²) >= 11 is 0. The number of nitrogens with zero attached hydrogens (tertiary/aromatic N) is 6. The fourth-order valence-corrected chi connectivity index (χ4v) is 3.10. The van der Waals surface area contributed by atoms with Crippen molar-refractivity contribution in [3.63, 3.8) is 0 Å². The zero-order valence-corrected chi connectivity index (χ0v) is 14.6. The van der Waals surface area contributed by atoms with Crippen LogP contribution in [0.2, 0.25) is 0 Å². The van der Waals surface area contributed by atoms with Gasteiger partial charge in [0, 0.05) is 37.8 Å². The van der Waals surface area contributed by atoms with Crippen molar-refractivity contribution in [2.45, 2.75) is 25.8 Å². The lowest BCUT2D eigenvalue weighted by molar-refractivity contribution is 0.589. The number of fused-ring (bicyclic) bond motifs is 1. The highest BCUT2D eigenvalue weighted by Gasteiger charge is 2.17. The molecule has 4 heterocycles. The summed E-state index contributed by atoms with van der Waals surface area (Å²) in [7, 11) is 0. The van der Waals surface area contributed by atoms with Gasteiger partial charge in [-0.05, 0) is 31.5 Å². The highest BCUT2D eigenvalue weighted by molar-refractivity contribution is 5.57. The van der Waals surface area contributed by atoms with Gasteiger partial charge in [0.15, 0.2) is 5.82 Å². The Bertz CT molecular complexity index is 832. The van der Waals surface area contributed by atoms with E-state index in [2.05, 4.69) is 25.7 Å². The summed E-state index contributed by atoms with van der Waals surface area (Å²) < 4.78 is 1.84. The Morgan fingerprint density at radius 1 is 1.15 bits per heavy atom. The van der Waals surface area contributed by atoms with Gasteiger partial charge in [-0.1, -0.05) is 6.07 Å². The summed E-state index contributed by atoms with van der Waals surface area (Å²) in [4.78, 5) is 18.0. The Hall–Kier alpha value is -2.87. The van der Waals surface area contributed by atoms with Crippen LogP contribution in [0.5, 0.6) is 0 Å². The van der Waals surface area contributed by atoms with Crippen LogP contribution in [0.4, 0.5) is 5.82 Å². The number of aryl methyl sites for hydroxylation is 1. The van der Waals surface area contributed by atoms with Gasteiger partial charge in [-0.25, -0.2) is 15.0 Å². The lowest BCUT2D eigenvalue weighted by atomic mass is 10.1. The SMILES string of the molecule is c1ccc(-c2nc3c(c(NCCCn4cncn4)n2)CCNCC3)nc1. The van der Waals surface area contributed by atoms with Crippen LogP contribution in [0.25, 0.3) is 11.5 Å². The van der Waals surface area contributed by atoms with Gasteiger partial charge in [0.2, 0.25) is 0 Å². The topological polar surface area (TPSA) is 93.4 Å². The molecule has 0 unspecified atom stereocenters. The van der Waals surface area contributed by atoms with Crippen LogP contribution < -0.4 is 10.6 Å². The summed E-state index contributed by atoms with van der Waals surface area (Å²) in [6.07, 6.45) is 7.86. The van der Waals surface area contributed by atoms with Crippen LogP contribution in [-0.2, 0) is 19.4 Å². The maximum absolute atomic E-state index is 4.80. The minimum Gasteiger partial charge on any atom is -0.370 e. The number of rotatable bonds is 6. The van der Waals surface area contributed by atoms with E-state index in [0.29, 0.717) is 5.82 Å². The van der Waals surface area contributed by atoms with Crippen molar-refractivity contribution in [2.24, 2.45) is 0 Å². The highest BCUT2D eigenvalue weighted by Crippen LogP contribution is 2.23. The lowest BCUT2D eigenvalue weighted by Gasteiger charge is -2.14. The average molecular weight is 350 g/mol. The molecule has 0 bridgehead atoms. The third kappa shape index (κ3) is 3.85. The van der Waals surface area contributed by atoms with Crippen molar-refractivity contribution < 1.29 is 0 Å². The van der Waals surface area contributed by atoms with Gasteiger partial charge in [0.25, 0.3) is 0 Å². The van der Waals surface area contributed by atoms with E-state index >= 15 is 0 Å². The van der Waals surface area contributed by atoms with Crippen LogP contribution in [0.1, 0.15) is 17.7 Å². The maximum Gasteiger partial charge on any atom is 0.180 e. The molecular formula is C18H22N8. The molecule has 134 valence electrons. The summed E-state index contributed by atoms with van der Waals surface area (Å²) in [6, 6.07) is 5.81. The Kier molecular flexibility index (Phi) is 5.11. The van der Waals surface area contributed by atoms with Crippen LogP contribution in [-0.4, -0.2) is 49.4 Å². The molecule has 0 spiro atoms. The third-order valence-corrected chi connectivity index (χ3v) is 4.40. The monoisotopic (exact) mass is 350 g/mol. The minimum absolute atomic E-state index is 0.685. The Morgan fingerprint density at radius 2 is 2.12 bits per heavy atom. The first-order valence-electron chi connectivity index (χ1n) is 8.98. The zero-order chi connectivity index (χ0) is 17.6. The molecule has 0 fully saturated rings. The molecule has 1 aliphatic heterocycles. The van der Waals surface area contributed by atoms with Crippen molar-refractivity contribution in [3.05, 3.63) is 48.3 Å². The Labute approximate surface area is 152 Å². The van der Waals surface area contributed by atoms with Crippen molar-refractivity contribution in [3.8, 4) is 11.5 Å². The Morgan fingerprint density at radius 3 is 2.96 bits per heavy atom. The first kappa shape index (κ1) is 16.6. The largest absolute Gasteiger partial charge is 0.370 e. The molecule has 0 radical (unpaired) electrons. The van der Waals surface area contributed by atoms with Gasteiger partial charge in [0.1, 0.15) is 24.2 Å². The van der Waals surface area contributed by atoms with E-state index in [-0.39, 0.29) is 0 Å². The highest BCUT2D eigenvalue weighted by atomic mass is 15.3. The molecular weight excluding hydrogens is 328 g/mol. The van der Waals surface area contributed by atoms with Crippen molar-refractivity contribution in [1.82, 2.24) is 35.0 Å². The molecule has 0 saturated heterocycles. The van der Waals surface area contributed by atoms with E-state index in [9.17, 15) is 0 Å². The second kappa shape index (κ2) is 8.01. The molecule has 4 rings (SSSR count). The lowest BCUT2D eigenvalue weighted by Crippen LogP contribution is -2.16. The second-order valence-corrected chi connectivity index (χ2v) is 6.22. The van der Waals surface area contributed by atoms with E-state index in [4.69, 9.17) is 9.97 Å². The van der Waals surface area contributed by atoms with Crippen LogP contribution in [0.15, 0.2) is 37.1 Å². The van der Waals surface area contributed by atoms with Crippen molar-refractivity contribution in [1.29, 1.82) is 0 Å². The molecule has 0 atom stereocenters. The van der Waals surface area contributed by atoms with Gasteiger partial charge in [-0.3, -0.25) is 9.67 Å². The first-order chi connectivity index (χ1) is 12.9. The molecule has 0 aromatic carbocycles. The van der Waals surface area contributed by atoms with Gasteiger partial charge in [-0.2, -0.15) is 5.10 Å². The van der Waals surface area contributed by atoms with Gasteiger partial charge >= 0.3 is 0 Å². The first-order valence-corrected chi connectivity index (χ1v) is 8.98. The molecule has 0 saturated carbocycles. The number of pyridine rings is 1. The summed E-state index contributed by atoms with van der Waals surface area (Å²) in [5, 5.41) is 11.1. The third-order valence-electron chi connectivity index (χ3n) is 4.40. The van der Waals surface area contributed by atoms with Crippen molar-refractivity contribution >= 4 is 5.82 Å². The summed E-state index contributed by atoms with van der Waals surface area (Å²) in [6.45, 7) is 3.54. The second-order valence-electron chi connectivity index (χ2n) is 6.22. The molecule has 2 N–H and O–H groups in total. The quantitative estimate of drug-likeness (QED) is 0.648. The smallest absolute Gasteiger partial charge is 0.180 e. The van der Waals surface area contributed by atoms with Gasteiger partial charge < -0.3 is 10.6 Å². The van der Waals surface area contributed by atoms with E-state index in [1.807, 2.05) is 22.9 Å². The van der Waals surface area contributed by atoms with Gasteiger partial charge in [-0.15, -0.1) is 0 Å². The normalized spacial score (nSPS) is 13.8. The van der Waals surface area contributed by atoms with Crippen LogP contribution in [0, 0.1) is 0 Å². The predicted octanol–water partition coefficient (Wildman–Crippen LogP) is 1.32. The zero-order valence-electron chi connectivity index (χ0n) is 14.6. The minimum atomic E-state index is 0.685. The number of nitrogens with one attached hydrogen (secondary N) is 2. The fraction of sp³-hybridized carbons (Fsp3) is 0.389. The average Bonchev–Trinajstić information content (AvgIpc) is 3.09. The molecule has 3 aromatic rings. The number of hydrogen-bond donors (Lipinski definition) is 2. The predicted molar refractivity (Wildman–Crippen MR) is 98.7 cm³/mol. The molecule has 3 aromatic heterocycles. The summed E-state index contributed by atoms with van der Waals surface area (Å²) in [5.74, 6) is 1.61. The number of anilines is 1. The summed E-state index contributed by atoms with van der Waals surface area (Å²) in [5.41, 5.74) is 3.14. The maximum atomic E-state index is 4.80. The molecule has 8 nitrogen and oxygen atoms in total. The standard InChI is InChI=1S/C18H22N8/c1-2-7-21-16(4-1)18-24-15-6-10-19-9-5-14(15)17(25-18)22-8-3-11-26-13-20-12-23-26/h1-2,4,7,12-13,19H,3,5-6,8-11H2,(H,22,24,25). The van der Waals surface area contributed by atoms with E-state index in [1.54, 1.807) is 18.9 Å². The molecule has 0 aliphatic carbocycles. The van der Waals surface area contributed by atoms with Gasteiger partial charge in [0.05, 0.1) is 5.69 Å². The Balaban J connectivity index is 1.55. The van der Waals surface area contributed by atoms with Crippen LogP contribution >= 0.6 is 0 Å². The molecule has 26 heavy (non-hydrogen) atoms. The van der Waals surface area contributed by atoms with Crippen molar-refractivity contribution in [2.75, 3.05) is 25.0 Å².